The van der Waals surface area contributed by atoms with Crippen molar-refractivity contribution in [3.63, 3.8) is 0 Å². The number of halogens is 1. The normalized spacial score (nSPS) is 11.0. The van der Waals surface area contributed by atoms with Crippen LogP contribution in [0, 0.1) is 0 Å². The maximum atomic E-state index is 12.6. The number of amides is 1. The molecule has 0 spiro atoms. The van der Waals surface area contributed by atoms with Gasteiger partial charge in [0.25, 0.3) is 5.91 Å². The monoisotopic (exact) mass is 416 g/mol. The number of aromatic hydroxyl groups is 1. The highest BCUT2D eigenvalue weighted by molar-refractivity contribution is 9.10. The number of aromatic nitrogens is 3. The van der Waals surface area contributed by atoms with Crippen molar-refractivity contribution in [2.75, 3.05) is 6.54 Å². The number of nitrogens with zero attached hydrogens (tertiary/aromatic N) is 3. The van der Waals surface area contributed by atoms with Crippen LogP contribution >= 0.6 is 15.9 Å². The first-order chi connectivity index (χ1) is 12.5. The maximum Gasteiger partial charge on any atom is 0.269 e. The largest absolute Gasteiger partial charge is 0.493 e. The summed E-state index contributed by atoms with van der Waals surface area (Å²) in [7, 11) is 1.67. The van der Waals surface area contributed by atoms with E-state index in [0.29, 0.717) is 23.3 Å². The summed E-state index contributed by atoms with van der Waals surface area (Å²) in [6, 6.07) is 7.40. The van der Waals surface area contributed by atoms with Gasteiger partial charge in [-0.2, -0.15) is 5.10 Å². The number of carbonyl (C=O) groups is 1. The standard InChI is InChI=1S/C19H21BrN4O2/c1-3-4-5-9-21-18(25)16-10-13(14-11-22-24(2)19(14)26)12-7-6-8-15(20)17(12)23-16/h6-8,10-11,26H,3-5,9H2,1-2H3,(H,21,25). The molecule has 2 N–H and O–H groups in total. The third-order valence-electron chi connectivity index (χ3n) is 4.29. The topological polar surface area (TPSA) is 80.0 Å². The zero-order valence-corrected chi connectivity index (χ0v) is 16.4. The molecule has 0 saturated carbocycles. The lowest BCUT2D eigenvalue weighted by Gasteiger charge is -2.11. The minimum atomic E-state index is -0.219. The molecule has 136 valence electrons. The molecule has 2 aromatic heterocycles. The van der Waals surface area contributed by atoms with Crippen molar-refractivity contribution in [1.82, 2.24) is 20.1 Å². The number of carbonyl (C=O) groups excluding carboxylic acids is 1. The van der Waals surface area contributed by atoms with Crippen molar-refractivity contribution in [3.8, 4) is 17.0 Å². The molecule has 6 nitrogen and oxygen atoms in total. The number of para-hydroxylation sites is 1. The SMILES string of the molecule is CCCCCNC(=O)c1cc(-c2cnn(C)c2O)c2cccc(Br)c2n1. The Morgan fingerprint density at radius 1 is 1.31 bits per heavy atom. The van der Waals surface area contributed by atoms with Crippen molar-refractivity contribution < 1.29 is 9.90 Å². The molecule has 26 heavy (non-hydrogen) atoms. The van der Waals surface area contributed by atoms with E-state index >= 15 is 0 Å². The van der Waals surface area contributed by atoms with Gasteiger partial charge in [0.1, 0.15) is 5.69 Å². The van der Waals surface area contributed by atoms with Crippen LogP contribution in [0.25, 0.3) is 22.0 Å². The number of unbranched alkanes of at least 4 members (excludes halogenated alkanes) is 2. The highest BCUT2D eigenvalue weighted by Crippen LogP contribution is 2.36. The molecule has 0 aliphatic rings. The lowest BCUT2D eigenvalue weighted by atomic mass is 10.0. The molecule has 0 atom stereocenters. The molecular weight excluding hydrogens is 396 g/mol. The first-order valence-corrected chi connectivity index (χ1v) is 9.41. The molecule has 0 aliphatic heterocycles. The molecule has 0 saturated heterocycles. The summed E-state index contributed by atoms with van der Waals surface area (Å²) in [4.78, 5) is 17.1. The van der Waals surface area contributed by atoms with Gasteiger partial charge in [-0.15, -0.1) is 0 Å². The Hall–Kier alpha value is -2.41. The fourth-order valence-electron chi connectivity index (χ4n) is 2.84. The van der Waals surface area contributed by atoms with E-state index in [9.17, 15) is 9.90 Å². The Morgan fingerprint density at radius 2 is 2.12 bits per heavy atom. The minimum Gasteiger partial charge on any atom is -0.493 e. The molecule has 1 amide bonds. The predicted octanol–water partition coefficient (Wildman–Crippen LogP) is 4.02. The summed E-state index contributed by atoms with van der Waals surface area (Å²) in [6.45, 7) is 2.74. The Kier molecular flexibility index (Phi) is 5.56. The number of nitrogens with one attached hydrogen (secondary N) is 1. The van der Waals surface area contributed by atoms with Crippen molar-refractivity contribution >= 4 is 32.7 Å². The van der Waals surface area contributed by atoms with Crippen LogP contribution in [0.5, 0.6) is 5.88 Å². The van der Waals surface area contributed by atoms with Crippen LogP contribution < -0.4 is 5.32 Å². The second kappa shape index (κ2) is 7.86. The number of pyridine rings is 1. The van der Waals surface area contributed by atoms with Gasteiger partial charge in [-0.3, -0.25) is 4.79 Å². The quantitative estimate of drug-likeness (QED) is 0.594. The third-order valence-corrected chi connectivity index (χ3v) is 4.93. The van der Waals surface area contributed by atoms with E-state index in [1.165, 1.54) is 4.68 Å². The van der Waals surface area contributed by atoms with Gasteiger partial charge in [-0.05, 0) is 34.5 Å². The molecule has 1 aromatic carbocycles. The van der Waals surface area contributed by atoms with Crippen LogP contribution in [-0.2, 0) is 7.05 Å². The second-order valence-corrected chi connectivity index (χ2v) is 7.01. The van der Waals surface area contributed by atoms with Crippen LogP contribution in [0.2, 0.25) is 0 Å². The van der Waals surface area contributed by atoms with Crippen molar-refractivity contribution in [1.29, 1.82) is 0 Å². The Balaban J connectivity index is 2.07. The first-order valence-electron chi connectivity index (χ1n) is 8.61. The van der Waals surface area contributed by atoms with Gasteiger partial charge in [0, 0.05) is 29.0 Å². The average molecular weight is 417 g/mol. The summed E-state index contributed by atoms with van der Waals surface area (Å²) in [6.07, 6.45) is 4.71. The second-order valence-electron chi connectivity index (χ2n) is 6.16. The molecule has 2 heterocycles. The van der Waals surface area contributed by atoms with Crippen LogP contribution in [0.3, 0.4) is 0 Å². The predicted molar refractivity (Wildman–Crippen MR) is 105 cm³/mol. The number of hydrogen-bond donors (Lipinski definition) is 2. The van der Waals surface area contributed by atoms with Gasteiger partial charge in [0.05, 0.1) is 17.3 Å². The van der Waals surface area contributed by atoms with Crippen LogP contribution in [-0.4, -0.2) is 32.3 Å². The molecule has 0 unspecified atom stereocenters. The molecule has 3 aromatic rings. The van der Waals surface area contributed by atoms with E-state index in [4.69, 9.17) is 0 Å². The lowest BCUT2D eigenvalue weighted by molar-refractivity contribution is 0.0948. The minimum absolute atomic E-state index is 0.0479. The molecule has 3 rings (SSSR count). The van der Waals surface area contributed by atoms with Gasteiger partial charge in [-0.1, -0.05) is 31.9 Å². The zero-order chi connectivity index (χ0) is 18.7. The average Bonchev–Trinajstić information content (AvgIpc) is 2.97. The van der Waals surface area contributed by atoms with Crippen LogP contribution in [0.1, 0.15) is 36.7 Å². The number of aryl methyl sites for hydroxylation is 1. The number of rotatable bonds is 6. The van der Waals surface area contributed by atoms with Gasteiger partial charge in [0.2, 0.25) is 5.88 Å². The number of benzene rings is 1. The molecule has 0 bridgehead atoms. The lowest BCUT2D eigenvalue weighted by Crippen LogP contribution is -2.25. The van der Waals surface area contributed by atoms with Gasteiger partial charge < -0.3 is 10.4 Å². The zero-order valence-electron chi connectivity index (χ0n) is 14.8. The van der Waals surface area contributed by atoms with E-state index in [-0.39, 0.29) is 11.8 Å². The van der Waals surface area contributed by atoms with Crippen molar-refractivity contribution in [2.45, 2.75) is 26.2 Å². The molecule has 7 heteroatoms. The fourth-order valence-corrected chi connectivity index (χ4v) is 3.30. The first kappa shape index (κ1) is 18.4. The van der Waals surface area contributed by atoms with Gasteiger partial charge in [0.15, 0.2) is 0 Å². The Bertz CT molecular complexity index is 952. The fraction of sp³-hybridized carbons (Fsp3) is 0.316. The summed E-state index contributed by atoms with van der Waals surface area (Å²) in [5.41, 5.74) is 2.28. The van der Waals surface area contributed by atoms with Gasteiger partial charge in [-0.25, -0.2) is 9.67 Å². The molecule has 0 aliphatic carbocycles. The van der Waals surface area contributed by atoms with E-state index < -0.39 is 0 Å². The third kappa shape index (κ3) is 3.58. The molecular formula is C19H21BrN4O2. The van der Waals surface area contributed by atoms with E-state index in [1.54, 1.807) is 19.3 Å². The van der Waals surface area contributed by atoms with E-state index in [0.717, 1.165) is 34.7 Å². The Morgan fingerprint density at radius 3 is 2.81 bits per heavy atom. The Labute approximate surface area is 160 Å². The summed E-state index contributed by atoms with van der Waals surface area (Å²) >= 11 is 3.51. The maximum absolute atomic E-state index is 12.6. The number of hydrogen-bond acceptors (Lipinski definition) is 4. The summed E-state index contributed by atoms with van der Waals surface area (Å²) in [5, 5.41) is 18.2. The van der Waals surface area contributed by atoms with Crippen molar-refractivity contribution in [2.24, 2.45) is 7.05 Å². The number of fused-ring (bicyclic) bond motifs is 1. The summed E-state index contributed by atoms with van der Waals surface area (Å²) in [5.74, 6) is -0.171. The van der Waals surface area contributed by atoms with Crippen molar-refractivity contribution in [3.05, 3.63) is 40.6 Å². The molecule has 0 radical (unpaired) electrons. The van der Waals surface area contributed by atoms with E-state index in [2.05, 4.69) is 38.3 Å². The smallest absolute Gasteiger partial charge is 0.269 e. The van der Waals surface area contributed by atoms with E-state index in [1.807, 2.05) is 18.2 Å². The highest BCUT2D eigenvalue weighted by atomic mass is 79.9. The van der Waals surface area contributed by atoms with Crippen LogP contribution in [0.15, 0.2) is 34.9 Å². The van der Waals surface area contributed by atoms with Crippen LogP contribution in [0.4, 0.5) is 0 Å². The highest BCUT2D eigenvalue weighted by Gasteiger charge is 2.18. The van der Waals surface area contributed by atoms with Gasteiger partial charge >= 0.3 is 0 Å². The summed E-state index contributed by atoms with van der Waals surface area (Å²) < 4.78 is 2.18. The molecule has 0 fully saturated rings.